The number of thioether (sulfide) groups is 1. The van der Waals surface area contributed by atoms with Crippen molar-refractivity contribution in [2.24, 2.45) is 0 Å². The fraction of sp³-hybridized carbons (Fsp3) is 0.261. The molecule has 0 saturated heterocycles. The number of aromatic nitrogens is 1. The van der Waals surface area contributed by atoms with Gasteiger partial charge in [0.15, 0.2) is 6.54 Å². The fourth-order valence-electron chi connectivity index (χ4n) is 4.26. The van der Waals surface area contributed by atoms with Gasteiger partial charge in [-0.25, -0.2) is 16.8 Å². The molecule has 0 radical (unpaired) electrons. The average molecular weight is 616 g/mol. The molecule has 0 fully saturated rings. The Labute approximate surface area is 231 Å². The first-order valence-corrected chi connectivity index (χ1v) is 17.2. The summed E-state index contributed by atoms with van der Waals surface area (Å²) < 4.78 is 71.5. The molecule has 196 valence electrons. The number of nitrogens with zero attached hydrogens (tertiary/aromatic N) is 2. The number of anilines is 1. The lowest BCUT2D eigenvalue weighted by atomic mass is 10.2. The molecule has 3 heterocycles. The summed E-state index contributed by atoms with van der Waals surface area (Å²) >= 11 is 10.9. The Hall–Kier alpha value is -1.71. The van der Waals surface area contributed by atoms with E-state index >= 15 is 0 Å². The molecule has 5 rings (SSSR count). The van der Waals surface area contributed by atoms with Gasteiger partial charge < -0.3 is 14.0 Å². The predicted molar refractivity (Wildman–Crippen MR) is 148 cm³/mol. The normalized spacial score (nSPS) is 15.3. The zero-order valence-electron chi connectivity index (χ0n) is 19.1. The SMILES string of the molecule is O=S(=O)([O-])CCCN1/C(=C/c2sc3ccc4ccsc4c3[n+]2CCCS(=O)(=O)[O-])Sc2ccc(Cl)cc21. The summed E-state index contributed by atoms with van der Waals surface area (Å²) in [5, 5.41) is 5.32. The Kier molecular flexibility index (Phi) is 7.59. The second-order valence-electron chi connectivity index (χ2n) is 8.42. The topological polar surface area (TPSA) is 122 Å². The first-order valence-electron chi connectivity index (χ1n) is 11.1. The van der Waals surface area contributed by atoms with Crippen LogP contribution in [-0.2, 0) is 26.8 Å². The Balaban J connectivity index is 1.58. The van der Waals surface area contributed by atoms with E-state index in [4.69, 9.17) is 11.6 Å². The second-order valence-corrected chi connectivity index (χ2v) is 14.9. The molecule has 2 aromatic heterocycles. The molecule has 8 nitrogen and oxygen atoms in total. The number of hydrogen-bond donors (Lipinski definition) is 0. The van der Waals surface area contributed by atoms with Crippen LogP contribution in [0.15, 0.2) is 51.7 Å². The molecular weight excluding hydrogens is 596 g/mol. The van der Waals surface area contributed by atoms with Crippen LogP contribution in [0.5, 0.6) is 0 Å². The molecule has 2 aromatic carbocycles. The molecule has 0 unspecified atom stereocenters. The second kappa shape index (κ2) is 10.5. The summed E-state index contributed by atoms with van der Waals surface area (Å²) in [4.78, 5) is 2.90. The molecule has 37 heavy (non-hydrogen) atoms. The van der Waals surface area contributed by atoms with Crippen molar-refractivity contribution in [3.05, 3.63) is 56.8 Å². The van der Waals surface area contributed by atoms with E-state index in [0.717, 1.165) is 40.9 Å². The highest BCUT2D eigenvalue weighted by Crippen LogP contribution is 2.48. The highest BCUT2D eigenvalue weighted by molar-refractivity contribution is 8.04. The average Bonchev–Trinajstić information content (AvgIpc) is 3.48. The predicted octanol–water partition coefficient (Wildman–Crippen LogP) is 4.84. The van der Waals surface area contributed by atoms with Crippen LogP contribution in [0.1, 0.15) is 17.8 Å². The summed E-state index contributed by atoms with van der Waals surface area (Å²) in [6, 6.07) is 11.6. The lowest BCUT2D eigenvalue weighted by molar-refractivity contribution is -0.667. The van der Waals surface area contributed by atoms with Crippen LogP contribution >= 0.6 is 46.0 Å². The Morgan fingerprint density at radius 2 is 1.76 bits per heavy atom. The van der Waals surface area contributed by atoms with Crippen molar-refractivity contribution >= 4 is 98.3 Å². The van der Waals surface area contributed by atoms with E-state index in [1.807, 2.05) is 51.3 Å². The number of benzene rings is 2. The van der Waals surface area contributed by atoms with Gasteiger partial charge in [0.1, 0.15) is 9.40 Å². The van der Waals surface area contributed by atoms with Crippen molar-refractivity contribution in [2.75, 3.05) is 23.0 Å². The zero-order chi connectivity index (χ0) is 26.4. The van der Waals surface area contributed by atoms with Gasteiger partial charge in [-0.05, 0) is 47.5 Å². The van der Waals surface area contributed by atoms with Gasteiger partial charge in [-0.3, -0.25) is 0 Å². The molecule has 4 aromatic rings. The summed E-state index contributed by atoms with van der Waals surface area (Å²) in [6.45, 7) is 0.650. The van der Waals surface area contributed by atoms with Crippen molar-refractivity contribution in [1.82, 2.24) is 0 Å². The van der Waals surface area contributed by atoms with Crippen molar-refractivity contribution in [2.45, 2.75) is 24.3 Å². The highest BCUT2D eigenvalue weighted by atomic mass is 35.5. The maximum Gasteiger partial charge on any atom is 0.265 e. The van der Waals surface area contributed by atoms with E-state index in [0.29, 0.717) is 18.1 Å². The quantitative estimate of drug-likeness (QED) is 0.194. The summed E-state index contributed by atoms with van der Waals surface area (Å²) in [6.07, 6.45) is 2.31. The van der Waals surface area contributed by atoms with Crippen LogP contribution in [0.3, 0.4) is 0 Å². The summed E-state index contributed by atoms with van der Waals surface area (Å²) in [5.74, 6) is -0.928. The largest absolute Gasteiger partial charge is 0.748 e. The minimum absolute atomic E-state index is 0.152. The van der Waals surface area contributed by atoms with Crippen LogP contribution in [0.2, 0.25) is 5.02 Å². The number of thiophene rings is 1. The van der Waals surface area contributed by atoms with E-state index in [1.54, 1.807) is 28.7 Å². The van der Waals surface area contributed by atoms with Crippen LogP contribution in [0.4, 0.5) is 5.69 Å². The Bertz CT molecular complexity index is 1740. The maximum atomic E-state index is 11.3. The van der Waals surface area contributed by atoms with Gasteiger partial charge in [-0.1, -0.05) is 40.8 Å². The number of rotatable bonds is 9. The molecule has 1 aliphatic rings. The molecule has 0 atom stereocenters. The van der Waals surface area contributed by atoms with Crippen molar-refractivity contribution in [3.63, 3.8) is 0 Å². The van der Waals surface area contributed by atoms with Crippen LogP contribution in [0, 0.1) is 0 Å². The molecule has 0 spiro atoms. The first kappa shape index (κ1) is 26.9. The molecule has 1 aliphatic heterocycles. The van der Waals surface area contributed by atoms with Gasteiger partial charge in [0.2, 0.25) is 5.52 Å². The van der Waals surface area contributed by atoms with Crippen molar-refractivity contribution in [1.29, 1.82) is 0 Å². The van der Waals surface area contributed by atoms with E-state index < -0.39 is 31.7 Å². The molecule has 0 aliphatic carbocycles. The summed E-state index contributed by atoms with van der Waals surface area (Å²) in [5.41, 5.74) is 1.82. The smallest absolute Gasteiger partial charge is 0.265 e. The van der Waals surface area contributed by atoms with Crippen LogP contribution in [-0.4, -0.2) is 44.0 Å². The van der Waals surface area contributed by atoms with Gasteiger partial charge in [-0.2, -0.15) is 4.57 Å². The minimum Gasteiger partial charge on any atom is -0.748 e. The third-order valence-corrected chi connectivity index (χ3v) is 10.8. The fourth-order valence-corrected chi connectivity index (χ4v) is 8.73. The van der Waals surface area contributed by atoms with Gasteiger partial charge in [0, 0.05) is 34.4 Å². The molecule has 0 bridgehead atoms. The van der Waals surface area contributed by atoms with Crippen molar-refractivity contribution < 1.29 is 30.5 Å². The Morgan fingerprint density at radius 1 is 1.00 bits per heavy atom. The van der Waals surface area contributed by atoms with E-state index in [1.165, 1.54) is 11.8 Å². The monoisotopic (exact) mass is 615 g/mol. The zero-order valence-corrected chi connectivity index (χ0v) is 24.0. The van der Waals surface area contributed by atoms with Gasteiger partial charge in [0.25, 0.3) is 5.01 Å². The standard InChI is InChI=1S/C23H21ClN2O6S5/c24-16-4-6-18-17(13-16)25(8-1-11-36(27,28)29)20(34-18)14-21-26(9-2-12-37(30,31)32)22-19(35-21)5-3-15-7-10-33-23(15)22/h3-7,10,13-14H,1-2,8-9,11-12H2,(H-,27,28,29,30,31,32)/p-1. The maximum absolute atomic E-state index is 11.3. The van der Waals surface area contributed by atoms with E-state index in [2.05, 4.69) is 0 Å². The summed E-state index contributed by atoms with van der Waals surface area (Å²) in [7, 11) is -8.69. The molecule has 0 amide bonds. The first-order chi connectivity index (χ1) is 17.5. The third kappa shape index (κ3) is 6.14. The molecule has 0 saturated carbocycles. The van der Waals surface area contributed by atoms with E-state index in [9.17, 15) is 25.9 Å². The number of thiazole rings is 1. The number of halogens is 1. The lowest BCUT2D eigenvalue weighted by Crippen LogP contribution is -2.36. The molecule has 14 heteroatoms. The van der Waals surface area contributed by atoms with Gasteiger partial charge in [-0.15, -0.1) is 11.3 Å². The van der Waals surface area contributed by atoms with Crippen LogP contribution < -0.4 is 9.47 Å². The lowest BCUT2D eigenvalue weighted by Gasteiger charge is -2.20. The van der Waals surface area contributed by atoms with Gasteiger partial charge >= 0.3 is 0 Å². The molecule has 0 N–H and O–H groups in total. The number of hydrogen-bond acceptors (Lipinski definition) is 10. The third-order valence-electron chi connectivity index (χ3n) is 5.80. The number of fused-ring (bicyclic) bond motifs is 4. The Morgan fingerprint density at radius 3 is 2.51 bits per heavy atom. The minimum atomic E-state index is -4.34. The van der Waals surface area contributed by atoms with Crippen molar-refractivity contribution in [3.8, 4) is 0 Å². The number of aryl methyl sites for hydroxylation is 1. The van der Waals surface area contributed by atoms with E-state index in [-0.39, 0.29) is 12.8 Å². The molecular formula is C23H20ClN2O6S5-. The van der Waals surface area contributed by atoms with Crippen LogP contribution in [0.25, 0.3) is 26.4 Å². The van der Waals surface area contributed by atoms with Gasteiger partial charge in [0.05, 0.1) is 37.0 Å². The highest BCUT2D eigenvalue weighted by Gasteiger charge is 2.29.